The van der Waals surface area contributed by atoms with E-state index in [0.29, 0.717) is 0 Å². The first-order chi connectivity index (χ1) is 5.25. The van der Waals surface area contributed by atoms with Gasteiger partial charge in [-0.2, -0.15) is 0 Å². The molecule has 2 nitrogen and oxygen atoms in total. The Balaban J connectivity index is 0.00000121. The molecule has 1 saturated heterocycles. The molecule has 0 amide bonds. The molecular formula is C9H21ClN2. The van der Waals surface area contributed by atoms with Crippen molar-refractivity contribution < 1.29 is 0 Å². The molecule has 1 rings (SSSR count). The van der Waals surface area contributed by atoms with Gasteiger partial charge in [0.05, 0.1) is 0 Å². The van der Waals surface area contributed by atoms with Gasteiger partial charge in [-0.25, -0.2) is 0 Å². The van der Waals surface area contributed by atoms with E-state index in [0.717, 1.165) is 25.2 Å². The average molecular weight is 193 g/mol. The standard InChI is InChI=1S/C9H20N2.ClH/c1-4-5-11-8(2)6-10-7-9(11)3;/h8-10H,4-7H2,1-3H3;1H/t8-,9+;. The van der Waals surface area contributed by atoms with Gasteiger partial charge in [0.25, 0.3) is 0 Å². The van der Waals surface area contributed by atoms with Gasteiger partial charge in [-0.3, -0.25) is 4.90 Å². The Hall–Kier alpha value is 0.210. The van der Waals surface area contributed by atoms with Gasteiger partial charge in [0.1, 0.15) is 0 Å². The van der Waals surface area contributed by atoms with Crippen LogP contribution >= 0.6 is 12.4 Å². The van der Waals surface area contributed by atoms with Crippen LogP contribution in [-0.4, -0.2) is 36.6 Å². The molecule has 0 bridgehead atoms. The van der Waals surface area contributed by atoms with E-state index in [4.69, 9.17) is 0 Å². The highest BCUT2D eigenvalue weighted by atomic mass is 35.5. The molecule has 3 heteroatoms. The van der Waals surface area contributed by atoms with Crippen LogP contribution in [0.4, 0.5) is 0 Å². The molecule has 1 N–H and O–H groups in total. The molecule has 0 aromatic carbocycles. The lowest BCUT2D eigenvalue weighted by Gasteiger charge is -2.39. The Bertz CT molecular complexity index is 109. The number of hydrogen-bond donors (Lipinski definition) is 1. The highest BCUT2D eigenvalue weighted by Crippen LogP contribution is 2.09. The van der Waals surface area contributed by atoms with Crippen LogP contribution in [0.3, 0.4) is 0 Å². The zero-order valence-electron chi connectivity index (χ0n) is 8.34. The molecule has 1 aliphatic heterocycles. The van der Waals surface area contributed by atoms with Crippen molar-refractivity contribution in [2.75, 3.05) is 19.6 Å². The van der Waals surface area contributed by atoms with E-state index in [1.165, 1.54) is 13.0 Å². The molecule has 1 heterocycles. The summed E-state index contributed by atoms with van der Waals surface area (Å²) in [6.07, 6.45) is 1.27. The number of nitrogens with one attached hydrogen (secondary N) is 1. The lowest BCUT2D eigenvalue weighted by atomic mass is 10.1. The number of rotatable bonds is 2. The molecule has 0 aromatic heterocycles. The first-order valence-electron chi connectivity index (χ1n) is 4.72. The first-order valence-corrected chi connectivity index (χ1v) is 4.72. The SMILES string of the molecule is CCCN1[C@H](C)CNC[C@@H]1C.Cl. The van der Waals surface area contributed by atoms with E-state index in [2.05, 4.69) is 31.0 Å². The summed E-state index contributed by atoms with van der Waals surface area (Å²) in [6.45, 7) is 10.4. The monoisotopic (exact) mass is 192 g/mol. The maximum atomic E-state index is 3.43. The van der Waals surface area contributed by atoms with Crippen molar-refractivity contribution in [3.05, 3.63) is 0 Å². The first kappa shape index (κ1) is 12.2. The molecule has 0 spiro atoms. The molecule has 0 radical (unpaired) electrons. The maximum absolute atomic E-state index is 3.43. The minimum Gasteiger partial charge on any atom is -0.314 e. The third-order valence-corrected chi connectivity index (χ3v) is 2.49. The largest absolute Gasteiger partial charge is 0.314 e. The van der Waals surface area contributed by atoms with Gasteiger partial charge in [-0.15, -0.1) is 12.4 Å². The van der Waals surface area contributed by atoms with E-state index in [1.807, 2.05) is 0 Å². The predicted molar refractivity (Wildman–Crippen MR) is 56.0 cm³/mol. The molecule has 1 aliphatic rings. The van der Waals surface area contributed by atoms with Gasteiger partial charge in [0, 0.05) is 25.2 Å². The Kier molecular flexibility index (Phi) is 5.89. The van der Waals surface area contributed by atoms with Crippen LogP contribution in [0, 0.1) is 0 Å². The number of halogens is 1. The summed E-state index contributed by atoms with van der Waals surface area (Å²) >= 11 is 0. The van der Waals surface area contributed by atoms with Crippen LogP contribution in [0.2, 0.25) is 0 Å². The molecule has 1 fully saturated rings. The van der Waals surface area contributed by atoms with Gasteiger partial charge in [0.2, 0.25) is 0 Å². The van der Waals surface area contributed by atoms with Crippen molar-refractivity contribution in [2.45, 2.75) is 39.3 Å². The van der Waals surface area contributed by atoms with Crippen molar-refractivity contribution in [3.8, 4) is 0 Å². The van der Waals surface area contributed by atoms with Crippen LogP contribution in [0.15, 0.2) is 0 Å². The molecule has 0 aliphatic carbocycles. The van der Waals surface area contributed by atoms with Gasteiger partial charge in [0.15, 0.2) is 0 Å². The topological polar surface area (TPSA) is 15.3 Å². The van der Waals surface area contributed by atoms with Crippen LogP contribution in [0.5, 0.6) is 0 Å². The Labute approximate surface area is 82.1 Å². The van der Waals surface area contributed by atoms with Gasteiger partial charge in [-0.1, -0.05) is 6.92 Å². The van der Waals surface area contributed by atoms with Crippen molar-refractivity contribution in [3.63, 3.8) is 0 Å². The molecule has 2 atom stereocenters. The fourth-order valence-electron chi connectivity index (χ4n) is 1.87. The smallest absolute Gasteiger partial charge is 0.0195 e. The molecule has 12 heavy (non-hydrogen) atoms. The van der Waals surface area contributed by atoms with Crippen molar-refractivity contribution >= 4 is 12.4 Å². The third-order valence-electron chi connectivity index (χ3n) is 2.49. The fourth-order valence-corrected chi connectivity index (χ4v) is 1.87. The molecular weight excluding hydrogens is 172 g/mol. The summed E-state index contributed by atoms with van der Waals surface area (Å²) < 4.78 is 0. The highest BCUT2D eigenvalue weighted by molar-refractivity contribution is 5.85. The summed E-state index contributed by atoms with van der Waals surface area (Å²) in [5.41, 5.74) is 0. The number of nitrogens with zero attached hydrogens (tertiary/aromatic N) is 1. The lowest BCUT2D eigenvalue weighted by Crippen LogP contribution is -2.55. The fraction of sp³-hybridized carbons (Fsp3) is 1.00. The quantitative estimate of drug-likeness (QED) is 0.714. The van der Waals surface area contributed by atoms with E-state index >= 15 is 0 Å². The van der Waals surface area contributed by atoms with Crippen LogP contribution in [0.25, 0.3) is 0 Å². The minimum absolute atomic E-state index is 0. The maximum Gasteiger partial charge on any atom is 0.0195 e. The van der Waals surface area contributed by atoms with Crippen molar-refractivity contribution in [1.29, 1.82) is 0 Å². The van der Waals surface area contributed by atoms with Gasteiger partial charge >= 0.3 is 0 Å². The zero-order valence-corrected chi connectivity index (χ0v) is 9.16. The second kappa shape index (κ2) is 5.79. The molecule has 0 saturated carbocycles. The van der Waals surface area contributed by atoms with E-state index in [9.17, 15) is 0 Å². The van der Waals surface area contributed by atoms with E-state index < -0.39 is 0 Å². The van der Waals surface area contributed by atoms with Crippen molar-refractivity contribution in [1.82, 2.24) is 10.2 Å². The second-order valence-electron chi connectivity index (χ2n) is 3.59. The van der Waals surface area contributed by atoms with Crippen LogP contribution < -0.4 is 5.32 Å². The van der Waals surface area contributed by atoms with Gasteiger partial charge < -0.3 is 5.32 Å². The summed E-state index contributed by atoms with van der Waals surface area (Å²) in [7, 11) is 0. The minimum atomic E-state index is 0. The Morgan fingerprint density at radius 3 is 2.17 bits per heavy atom. The van der Waals surface area contributed by atoms with Crippen LogP contribution in [-0.2, 0) is 0 Å². The van der Waals surface area contributed by atoms with E-state index in [1.54, 1.807) is 0 Å². The normalized spacial score (nSPS) is 31.2. The summed E-state index contributed by atoms with van der Waals surface area (Å²) in [6, 6.07) is 1.44. The summed E-state index contributed by atoms with van der Waals surface area (Å²) in [4.78, 5) is 2.59. The Morgan fingerprint density at radius 1 is 1.25 bits per heavy atom. The summed E-state index contributed by atoms with van der Waals surface area (Å²) in [5.74, 6) is 0. The third kappa shape index (κ3) is 2.92. The lowest BCUT2D eigenvalue weighted by molar-refractivity contribution is 0.117. The number of piperazine rings is 1. The average Bonchev–Trinajstić information content (AvgIpc) is 1.97. The highest BCUT2D eigenvalue weighted by Gasteiger charge is 2.22. The molecule has 0 unspecified atom stereocenters. The summed E-state index contributed by atoms with van der Waals surface area (Å²) in [5, 5.41) is 3.43. The Morgan fingerprint density at radius 2 is 1.75 bits per heavy atom. The zero-order chi connectivity index (χ0) is 8.27. The van der Waals surface area contributed by atoms with Gasteiger partial charge in [-0.05, 0) is 26.8 Å². The molecule has 0 aromatic rings. The molecule has 74 valence electrons. The second-order valence-corrected chi connectivity index (χ2v) is 3.59. The van der Waals surface area contributed by atoms with Crippen LogP contribution in [0.1, 0.15) is 27.2 Å². The van der Waals surface area contributed by atoms with Crippen molar-refractivity contribution in [2.24, 2.45) is 0 Å². The van der Waals surface area contributed by atoms with E-state index in [-0.39, 0.29) is 12.4 Å². The number of hydrogen-bond acceptors (Lipinski definition) is 2. The predicted octanol–water partition coefficient (Wildman–Crippen LogP) is 1.50.